The molecule has 0 aliphatic heterocycles. The number of azo groups is 1. The van der Waals surface area contributed by atoms with Crippen LogP contribution in [0.4, 0.5) is 17.1 Å². The van der Waals surface area contributed by atoms with Crippen LogP contribution in [0.3, 0.4) is 0 Å². The first-order valence-electron chi connectivity index (χ1n) is 10.5. The van der Waals surface area contributed by atoms with E-state index in [0.29, 0.717) is 0 Å². The van der Waals surface area contributed by atoms with Crippen LogP contribution in [0.5, 0.6) is 5.75 Å². The molecule has 3 rings (SSSR count). The topological polar surface area (TPSA) is 259 Å². The van der Waals surface area contributed by atoms with Crippen LogP contribution in [0.25, 0.3) is 10.8 Å². The first-order chi connectivity index (χ1) is 18.6. The molecule has 0 radical (unpaired) electrons. The van der Waals surface area contributed by atoms with Crippen LogP contribution in [0.2, 0.25) is 0 Å². The van der Waals surface area contributed by atoms with Gasteiger partial charge in [-0.15, -0.1) is 14.6 Å². The van der Waals surface area contributed by atoms with Crippen molar-refractivity contribution in [3.63, 3.8) is 0 Å². The summed E-state index contributed by atoms with van der Waals surface area (Å²) in [5.41, 5.74) is 5.17. The Morgan fingerprint density at radius 3 is 2.12 bits per heavy atom. The number of fused-ring (bicyclic) bond motifs is 1. The molecule has 3 aromatic rings. The van der Waals surface area contributed by atoms with Gasteiger partial charge in [0.2, 0.25) is 0 Å². The maximum atomic E-state index is 12.8. The molecular formula is C20H18N3Na3O13S4. The molecule has 23 heteroatoms. The molecule has 0 bridgehead atoms. The van der Waals surface area contributed by atoms with Crippen LogP contribution in [0.15, 0.2) is 61.3 Å². The maximum absolute atomic E-state index is 12.8. The van der Waals surface area contributed by atoms with Gasteiger partial charge in [-0.25, -0.2) is 25.3 Å². The van der Waals surface area contributed by atoms with Crippen molar-refractivity contribution in [3.8, 4) is 5.75 Å². The van der Waals surface area contributed by atoms with Crippen molar-refractivity contribution in [3.05, 3.63) is 42.0 Å². The van der Waals surface area contributed by atoms with Gasteiger partial charge >= 0.3 is 88.7 Å². The van der Waals surface area contributed by atoms with E-state index in [9.17, 15) is 39.6 Å². The summed E-state index contributed by atoms with van der Waals surface area (Å²) in [6.45, 7) is 1.09. The van der Waals surface area contributed by atoms with Crippen molar-refractivity contribution in [1.82, 2.24) is 0 Å². The number of benzene rings is 3. The average molecular weight is 706 g/mol. The number of nitrogen functional groups attached to an aromatic ring is 1. The van der Waals surface area contributed by atoms with Gasteiger partial charge in [-0.2, -0.15) is 0 Å². The van der Waals surface area contributed by atoms with Crippen LogP contribution in [0.1, 0.15) is 5.56 Å². The molecule has 43 heavy (non-hydrogen) atoms. The van der Waals surface area contributed by atoms with Crippen molar-refractivity contribution in [1.29, 1.82) is 0 Å². The summed E-state index contributed by atoms with van der Waals surface area (Å²) >= 11 is 0.150. The zero-order valence-electron chi connectivity index (χ0n) is 23.3. The quantitative estimate of drug-likeness (QED) is 0.0268. The molecule has 3 aromatic carbocycles. The normalized spacial score (nSPS) is 11.9. The van der Waals surface area contributed by atoms with Gasteiger partial charge in [-0.3, -0.25) is 9.22 Å². The standard InChI is InChI=1S/C20H21N3O13S4.3Na/c1-11-7-15(16(33-2)10-17(11)38(25,26)6-5-34-37-36-35-24)22-23-20-14-4-3-13(39(27,28)29)8-12(14)9-18(19(20)21)40(30,31)32;;;/h3-4,7-10,24H,5-6,21H2,1-2H3,(H,27,28,29)(H,30,31,32);;;/q;3*+1/p-3. The molecular weight excluding hydrogens is 687 g/mol. The number of nitrogens with zero attached hydrogens (tertiary/aromatic N) is 2. The summed E-state index contributed by atoms with van der Waals surface area (Å²) in [5.74, 6) is -0.575. The minimum absolute atomic E-state index is 0. The van der Waals surface area contributed by atoms with E-state index in [1.165, 1.54) is 20.1 Å². The van der Waals surface area contributed by atoms with E-state index in [1.54, 1.807) is 0 Å². The Morgan fingerprint density at radius 2 is 1.56 bits per heavy atom. The third kappa shape index (κ3) is 11.1. The van der Waals surface area contributed by atoms with Crippen molar-refractivity contribution in [2.24, 2.45) is 10.2 Å². The molecule has 0 saturated heterocycles. The SMILES string of the molecule is COc1cc(S(=O)(=O)CCOSOO[O-])c(C)cc1N=Nc1c(N)c(S(=O)(=O)[O-])cc2cc(S(=O)(=O)[O-])ccc12.[Na+].[Na+].[Na+]. The van der Waals surface area contributed by atoms with Gasteiger partial charge < -0.3 is 24.8 Å². The Morgan fingerprint density at radius 1 is 0.907 bits per heavy atom. The van der Waals surface area contributed by atoms with E-state index in [0.717, 1.165) is 30.3 Å². The Hall–Kier alpha value is 0.0800. The van der Waals surface area contributed by atoms with Gasteiger partial charge in [0.05, 0.1) is 39.8 Å². The molecule has 0 amide bonds. The number of hydrogen-bond acceptors (Lipinski definition) is 17. The van der Waals surface area contributed by atoms with Gasteiger partial charge in [0.15, 0.2) is 22.2 Å². The van der Waals surface area contributed by atoms with Crippen LogP contribution >= 0.6 is 12.3 Å². The van der Waals surface area contributed by atoms with E-state index < -0.39 is 51.3 Å². The number of aryl methyl sites for hydroxylation is 1. The second-order valence-electron chi connectivity index (χ2n) is 7.76. The maximum Gasteiger partial charge on any atom is 1.00 e. The van der Waals surface area contributed by atoms with E-state index in [4.69, 9.17) is 14.7 Å². The zero-order chi connectivity index (χ0) is 29.9. The summed E-state index contributed by atoms with van der Waals surface area (Å²) in [6.07, 6.45) is 0. The summed E-state index contributed by atoms with van der Waals surface area (Å²) in [5, 5.41) is 20.7. The summed E-state index contributed by atoms with van der Waals surface area (Å²) < 4.78 is 109. The average Bonchev–Trinajstić information content (AvgIpc) is 2.86. The fraction of sp³-hybridized carbons (Fsp3) is 0.200. The molecule has 0 unspecified atom stereocenters. The predicted molar refractivity (Wildman–Crippen MR) is 134 cm³/mol. The van der Waals surface area contributed by atoms with Crippen molar-refractivity contribution >= 4 is 70.2 Å². The number of anilines is 1. The number of rotatable bonds is 12. The smallest absolute Gasteiger partial charge is 0.744 e. The van der Waals surface area contributed by atoms with Crippen molar-refractivity contribution < 1.29 is 147 Å². The van der Waals surface area contributed by atoms with E-state index in [-0.39, 0.29) is 146 Å². The molecule has 0 saturated carbocycles. The molecule has 218 valence electrons. The third-order valence-corrected chi connectivity index (χ3v) is 9.15. The second kappa shape index (κ2) is 17.8. The van der Waals surface area contributed by atoms with E-state index in [1.807, 2.05) is 0 Å². The largest absolute Gasteiger partial charge is 1.00 e. The molecule has 0 fully saturated rings. The summed E-state index contributed by atoms with van der Waals surface area (Å²) in [6, 6.07) is 6.22. The molecule has 16 nitrogen and oxygen atoms in total. The number of ether oxygens (including phenoxy) is 1. The van der Waals surface area contributed by atoms with Crippen molar-refractivity contribution in [2.45, 2.75) is 21.6 Å². The van der Waals surface area contributed by atoms with Crippen molar-refractivity contribution in [2.75, 3.05) is 25.2 Å². The first kappa shape index (κ1) is 43.1. The third-order valence-electron chi connectivity index (χ3n) is 5.25. The number of methoxy groups -OCH3 is 1. The van der Waals surface area contributed by atoms with Crippen LogP contribution in [-0.4, -0.2) is 53.8 Å². The zero-order valence-corrected chi connectivity index (χ0v) is 32.6. The Kier molecular flexibility index (Phi) is 17.9. The molecule has 2 N–H and O–H groups in total. The minimum Gasteiger partial charge on any atom is -0.744 e. The van der Waals surface area contributed by atoms with E-state index >= 15 is 0 Å². The molecule has 0 aliphatic carbocycles. The van der Waals surface area contributed by atoms with Gasteiger partial charge in [0.25, 0.3) is 0 Å². The van der Waals surface area contributed by atoms with Gasteiger partial charge in [0, 0.05) is 11.5 Å². The molecule has 0 aromatic heterocycles. The summed E-state index contributed by atoms with van der Waals surface area (Å²) in [7, 11) is -12.8. The fourth-order valence-electron chi connectivity index (χ4n) is 3.48. The molecule has 0 aliphatic rings. The Bertz CT molecular complexity index is 1810. The monoisotopic (exact) mass is 705 g/mol. The van der Waals surface area contributed by atoms with E-state index in [2.05, 4.69) is 19.6 Å². The fourth-order valence-corrected chi connectivity index (χ4v) is 6.30. The van der Waals surface area contributed by atoms with Crippen LogP contribution in [0, 0.1) is 6.92 Å². The predicted octanol–water partition coefficient (Wildman–Crippen LogP) is -7.45. The van der Waals surface area contributed by atoms with Gasteiger partial charge in [0.1, 0.15) is 37.4 Å². The number of sulfone groups is 1. The van der Waals surface area contributed by atoms with Crippen LogP contribution < -0.4 is 104 Å². The summed E-state index contributed by atoms with van der Waals surface area (Å²) in [4.78, 5) is -1.76. The second-order valence-corrected chi connectivity index (χ2v) is 13.1. The Labute approximate surface area is 317 Å². The van der Waals surface area contributed by atoms with Gasteiger partial charge in [-0.05, 0) is 42.1 Å². The van der Waals surface area contributed by atoms with Gasteiger partial charge in [-0.1, -0.05) is 6.07 Å². The minimum atomic E-state index is -5.17. The first-order valence-corrected chi connectivity index (χ1v) is 15.6. The molecule has 0 heterocycles. The molecule has 0 atom stereocenters. The Balaban J connectivity index is 0.00000588. The van der Waals surface area contributed by atoms with Crippen LogP contribution in [-0.2, 0) is 43.6 Å². The molecule has 0 spiro atoms. The number of nitrogens with two attached hydrogens (primary N) is 1. The number of hydrogen-bond donors (Lipinski definition) is 1.